The van der Waals surface area contributed by atoms with Crippen molar-refractivity contribution in [1.82, 2.24) is 0 Å². The fraction of sp³-hybridized carbons (Fsp3) is 0.583. The van der Waals surface area contributed by atoms with Crippen LogP contribution in [0, 0.1) is 5.92 Å². The fourth-order valence-corrected chi connectivity index (χ4v) is 0.857. The van der Waals surface area contributed by atoms with Gasteiger partial charge in [0.25, 0.3) is 0 Å². The van der Waals surface area contributed by atoms with Gasteiger partial charge in [0.2, 0.25) is 0 Å². The van der Waals surface area contributed by atoms with E-state index in [9.17, 15) is 0 Å². The summed E-state index contributed by atoms with van der Waals surface area (Å²) in [4.78, 5) is 4.40. The van der Waals surface area contributed by atoms with Gasteiger partial charge in [0, 0.05) is 11.9 Å². The summed E-state index contributed by atoms with van der Waals surface area (Å²) in [6.45, 7) is 12.6. The van der Waals surface area contributed by atoms with Gasteiger partial charge >= 0.3 is 0 Å². The lowest BCUT2D eigenvalue weighted by Gasteiger charge is -2.04. The van der Waals surface area contributed by atoms with Gasteiger partial charge in [-0.15, -0.1) is 0 Å². The first kappa shape index (κ1) is 12.2. The zero-order chi connectivity index (χ0) is 10.4. The van der Waals surface area contributed by atoms with Crippen LogP contribution in [0.3, 0.4) is 0 Å². The first-order valence-electron chi connectivity index (χ1n) is 4.83. The highest BCUT2D eigenvalue weighted by atomic mass is 14.7. The maximum atomic E-state index is 4.40. The predicted octanol–water partition coefficient (Wildman–Crippen LogP) is 3.97. The van der Waals surface area contributed by atoms with E-state index in [0.29, 0.717) is 5.92 Å². The minimum Gasteiger partial charge on any atom is -0.261 e. The Morgan fingerprint density at radius 2 is 1.69 bits per heavy atom. The zero-order valence-electron chi connectivity index (χ0n) is 9.68. The van der Waals surface area contributed by atoms with Crippen molar-refractivity contribution < 1.29 is 0 Å². The second kappa shape index (κ2) is 5.74. The van der Waals surface area contributed by atoms with Crippen molar-refractivity contribution in [3.8, 4) is 0 Å². The van der Waals surface area contributed by atoms with Gasteiger partial charge in [-0.2, -0.15) is 0 Å². The van der Waals surface area contributed by atoms with E-state index < -0.39 is 0 Å². The van der Waals surface area contributed by atoms with E-state index >= 15 is 0 Å². The maximum absolute atomic E-state index is 4.40. The Morgan fingerprint density at radius 3 is 2.00 bits per heavy atom. The number of nitrogens with zero attached hydrogens (tertiary/aromatic N) is 1. The van der Waals surface area contributed by atoms with Crippen LogP contribution >= 0.6 is 0 Å². The fourth-order valence-electron chi connectivity index (χ4n) is 0.857. The minimum absolute atomic E-state index is 0.554. The van der Waals surface area contributed by atoms with Crippen LogP contribution < -0.4 is 0 Å². The van der Waals surface area contributed by atoms with Gasteiger partial charge in [-0.25, -0.2) is 0 Å². The molecule has 0 saturated carbocycles. The topological polar surface area (TPSA) is 12.4 Å². The van der Waals surface area contributed by atoms with E-state index in [-0.39, 0.29) is 0 Å². The zero-order valence-corrected chi connectivity index (χ0v) is 9.68. The number of aliphatic imine (C=N–C) groups is 1. The molecular formula is C12H21N. The summed E-state index contributed by atoms with van der Waals surface area (Å²) in [7, 11) is 0. The summed E-state index contributed by atoms with van der Waals surface area (Å²) in [5, 5.41) is 0. The molecule has 0 bridgehead atoms. The van der Waals surface area contributed by atoms with E-state index in [4.69, 9.17) is 0 Å². The van der Waals surface area contributed by atoms with Gasteiger partial charge < -0.3 is 0 Å². The lowest BCUT2D eigenvalue weighted by molar-refractivity contribution is 0.804. The summed E-state index contributed by atoms with van der Waals surface area (Å²) in [5.74, 6) is 0.554. The van der Waals surface area contributed by atoms with E-state index in [1.165, 1.54) is 11.1 Å². The van der Waals surface area contributed by atoms with Crippen LogP contribution in [0.15, 0.2) is 27.9 Å². The van der Waals surface area contributed by atoms with Gasteiger partial charge in [-0.3, -0.25) is 4.99 Å². The van der Waals surface area contributed by atoms with Gasteiger partial charge in [-0.1, -0.05) is 25.5 Å². The molecule has 0 aliphatic heterocycles. The Kier molecular flexibility index (Phi) is 5.36. The molecule has 0 radical (unpaired) electrons. The Hall–Kier alpha value is -0.850. The summed E-state index contributed by atoms with van der Waals surface area (Å²) in [6, 6.07) is 0. The van der Waals surface area contributed by atoms with E-state index in [2.05, 4.69) is 45.7 Å². The van der Waals surface area contributed by atoms with Crippen molar-refractivity contribution in [1.29, 1.82) is 0 Å². The standard InChI is InChI=1S/C12H21N/c1-7-12(10(4)5)8-13-11(6)9(2)3/h7-8,10H,1-6H3/b12-7+,13-8?. The Balaban J connectivity index is 4.52. The second-order valence-electron chi connectivity index (χ2n) is 3.79. The van der Waals surface area contributed by atoms with Gasteiger partial charge in [0.15, 0.2) is 0 Å². The molecular weight excluding hydrogens is 158 g/mol. The Bertz CT molecular complexity index is 238. The van der Waals surface area contributed by atoms with Crippen molar-refractivity contribution in [3.05, 3.63) is 22.9 Å². The van der Waals surface area contributed by atoms with Gasteiger partial charge in [-0.05, 0) is 39.2 Å². The van der Waals surface area contributed by atoms with Crippen LogP contribution in [0.2, 0.25) is 0 Å². The van der Waals surface area contributed by atoms with Crippen molar-refractivity contribution in [2.24, 2.45) is 10.9 Å². The molecule has 1 heteroatoms. The van der Waals surface area contributed by atoms with Crippen LogP contribution in [0.25, 0.3) is 0 Å². The third-order valence-electron chi connectivity index (χ3n) is 2.13. The first-order valence-corrected chi connectivity index (χ1v) is 4.83. The molecule has 0 aromatic carbocycles. The molecule has 0 amide bonds. The SMILES string of the molecule is C/C=C(\C=NC(C)=C(C)C)C(C)C. The van der Waals surface area contributed by atoms with Crippen LogP contribution in [0.4, 0.5) is 0 Å². The molecule has 0 rings (SSSR count). The normalized spacial score (nSPS) is 12.7. The quantitative estimate of drug-likeness (QED) is 0.581. The number of allylic oxidation sites excluding steroid dienone is 4. The molecule has 0 saturated heterocycles. The van der Waals surface area contributed by atoms with Crippen LogP contribution in [0.5, 0.6) is 0 Å². The molecule has 0 aliphatic rings. The largest absolute Gasteiger partial charge is 0.261 e. The number of hydrogen-bond acceptors (Lipinski definition) is 1. The second-order valence-corrected chi connectivity index (χ2v) is 3.79. The number of rotatable bonds is 3. The summed E-state index contributed by atoms with van der Waals surface area (Å²) in [6.07, 6.45) is 4.08. The van der Waals surface area contributed by atoms with Crippen LogP contribution in [-0.2, 0) is 0 Å². The van der Waals surface area contributed by atoms with Crippen LogP contribution in [0.1, 0.15) is 41.5 Å². The summed E-state index contributed by atoms with van der Waals surface area (Å²) < 4.78 is 0. The monoisotopic (exact) mass is 179 g/mol. The molecule has 0 spiro atoms. The van der Waals surface area contributed by atoms with Crippen molar-refractivity contribution in [2.45, 2.75) is 41.5 Å². The average molecular weight is 179 g/mol. The molecule has 0 fully saturated rings. The van der Waals surface area contributed by atoms with Crippen molar-refractivity contribution in [3.63, 3.8) is 0 Å². The summed E-state index contributed by atoms with van der Waals surface area (Å²) >= 11 is 0. The molecule has 13 heavy (non-hydrogen) atoms. The minimum atomic E-state index is 0.554. The lowest BCUT2D eigenvalue weighted by Crippen LogP contribution is -1.94. The van der Waals surface area contributed by atoms with E-state index in [0.717, 1.165) is 5.70 Å². The predicted molar refractivity (Wildman–Crippen MR) is 61.1 cm³/mol. The molecule has 0 N–H and O–H groups in total. The molecule has 0 unspecified atom stereocenters. The highest BCUT2D eigenvalue weighted by Crippen LogP contribution is 2.09. The van der Waals surface area contributed by atoms with E-state index in [1.807, 2.05) is 13.1 Å². The molecule has 0 heterocycles. The molecule has 0 aromatic rings. The molecule has 0 aliphatic carbocycles. The van der Waals surface area contributed by atoms with Crippen molar-refractivity contribution in [2.75, 3.05) is 0 Å². The van der Waals surface area contributed by atoms with Crippen LogP contribution in [-0.4, -0.2) is 6.21 Å². The summed E-state index contributed by atoms with van der Waals surface area (Å²) in [5.41, 5.74) is 3.68. The highest BCUT2D eigenvalue weighted by Gasteiger charge is 1.97. The lowest BCUT2D eigenvalue weighted by atomic mass is 10.0. The first-order chi connectivity index (χ1) is 5.99. The molecule has 1 nitrogen and oxygen atoms in total. The highest BCUT2D eigenvalue weighted by molar-refractivity contribution is 5.79. The molecule has 0 atom stereocenters. The average Bonchev–Trinajstić information content (AvgIpc) is 2.04. The van der Waals surface area contributed by atoms with E-state index in [1.54, 1.807) is 0 Å². The molecule has 0 aromatic heterocycles. The van der Waals surface area contributed by atoms with Gasteiger partial charge in [0.05, 0.1) is 0 Å². The Morgan fingerprint density at radius 1 is 1.15 bits per heavy atom. The molecule has 74 valence electrons. The van der Waals surface area contributed by atoms with Gasteiger partial charge in [0.1, 0.15) is 0 Å². The third kappa shape index (κ3) is 4.66. The van der Waals surface area contributed by atoms with Crippen molar-refractivity contribution >= 4 is 6.21 Å². The Labute approximate surface area is 82.3 Å². The number of hydrogen-bond donors (Lipinski definition) is 0. The third-order valence-corrected chi connectivity index (χ3v) is 2.13. The maximum Gasteiger partial charge on any atom is 0.0359 e. The smallest absolute Gasteiger partial charge is 0.0359 e.